The van der Waals surface area contributed by atoms with Crippen LogP contribution in [0.15, 0.2) is 0 Å². The summed E-state index contributed by atoms with van der Waals surface area (Å²) in [4.78, 5) is 22.8. The van der Waals surface area contributed by atoms with Crippen molar-refractivity contribution in [2.24, 2.45) is 11.3 Å². The Morgan fingerprint density at radius 1 is 1.13 bits per heavy atom. The molecule has 0 aliphatic carbocycles. The molecule has 1 atom stereocenters. The van der Waals surface area contributed by atoms with Crippen LogP contribution in [0.25, 0.3) is 0 Å². The Morgan fingerprint density at radius 2 is 1.61 bits per heavy atom. The number of carbonyl (C=O) groups is 2. The lowest BCUT2D eigenvalue weighted by Crippen LogP contribution is -2.46. The zero-order valence-electron chi connectivity index (χ0n) is 13.3. The molecule has 0 bridgehead atoms. The van der Waals surface area contributed by atoms with Crippen molar-refractivity contribution in [3.05, 3.63) is 0 Å². The number of nitrogens with one attached hydrogen (secondary N) is 1. The first-order valence-corrected chi connectivity index (χ1v) is 9.31. The highest BCUT2D eigenvalue weighted by Crippen LogP contribution is 2.30. The zero-order valence-corrected chi connectivity index (χ0v) is 15.1. The van der Waals surface area contributed by atoms with Gasteiger partial charge in [-0.05, 0) is 17.8 Å². The van der Waals surface area contributed by atoms with Crippen LogP contribution >= 0.6 is 0 Å². The number of aliphatic carboxylic acids is 1. The van der Waals surface area contributed by atoms with E-state index in [1.165, 1.54) is 13.8 Å². The van der Waals surface area contributed by atoms with Crippen molar-refractivity contribution in [3.63, 3.8) is 0 Å². The van der Waals surface area contributed by atoms with E-state index in [1.807, 2.05) is 0 Å². The third-order valence-electron chi connectivity index (χ3n) is 2.97. The molecule has 0 radical (unpaired) electrons. The first-order chi connectivity index (χ1) is 10.4. The van der Waals surface area contributed by atoms with Gasteiger partial charge in [-0.25, -0.2) is 26.4 Å². The molecule has 0 rings (SSSR count). The first kappa shape index (κ1) is 21.6. The average Bonchev–Trinajstić information content (AvgIpc) is 2.33. The number of alkyl carbamates (subject to hydrolysis) is 1. The van der Waals surface area contributed by atoms with Crippen LogP contribution in [-0.4, -0.2) is 51.2 Å². The van der Waals surface area contributed by atoms with Crippen LogP contribution in [0, 0.1) is 11.3 Å². The smallest absolute Gasteiger partial charge is 0.407 e. The molecule has 0 aromatic carbocycles. The highest BCUT2D eigenvalue weighted by Gasteiger charge is 2.39. The fourth-order valence-corrected chi connectivity index (χ4v) is 3.87. The van der Waals surface area contributed by atoms with Gasteiger partial charge in [0.1, 0.15) is 6.04 Å². The summed E-state index contributed by atoms with van der Waals surface area (Å²) in [6, 6.07) is -1.47. The number of thiol groups is 2. The molecular formula is C12H23NO8S2. The second kappa shape index (κ2) is 9.06. The van der Waals surface area contributed by atoms with E-state index in [0.717, 1.165) is 0 Å². The molecule has 0 saturated carbocycles. The minimum absolute atomic E-state index is 0.0545. The van der Waals surface area contributed by atoms with E-state index < -0.39 is 55.9 Å². The van der Waals surface area contributed by atoms with Gasteiger partial charge < -0.3 is 15.2 Å². The largest absolute Gasteiger partial charge is 0.480 e. The quantitative estimate of drug-likeness (QED) is 0.406. The number of rotatable bonds is 9. The van der Waals surface area contributed by atoms with E-state index in [9.17, 15) is 26.4 Å². The lowest BCUT2D eigenvalue weighted by Gasteiger charge is -2.29. The molecule has 0 fully saturated rings. The Bertz CT molecular complexity index is 542. The summed E-state index contributed by atoms with van der Waals surface area (Å²) in [6.45, 7) is 6.30. The van der Waals surface area contributed by atoms with Crippen molar-refractivity contribution in [2.75, 3.05) is 6.61 Å². The van der Waals surface area contributed by atoms with E-state index in [2.05, 4.69) is 5.32 Å². The van der Waals surface area contributed by atoms with Crippen LogP contribution in [0.3, 0.4) is 0 Å². The molecule has 1 unspecified atom stereocenters. The van der Waals surface area contributed by atoms with Crippen molar-refractivity contribution in [1.82, 2.24) is 5.32 Å². The molecule has 0 aromatic rings. The first-order valence-electron chi connectivity index (χ1n) is 6.81. The molecular weight excluding hydrogens is 350 g/mol. The molecule has 0 heterocycles. The van der Waals surface area contributed by atoms with Crippen molar-refractivity contribution in [2.45, 2.75) is 44.7 Å². The van der Waals surface area contributed by atoms with Crippen molar-refractivity contribution >= 4 is 33.5 Å². The van der Waals surface area contributed by atoms with Crippen LogP contribution < -0.4 is 5.32 Å². The summed E-state index contributed by atoms with van der Waals surface area (Å²) in [5, 5.41) is 11.3. The van der Waals surface area contributed by atoms with Crippen LogP contribution in [0.4, 0.5) is 4.79 Å². The van der Waals surface area contributed by atoms with Gasteiger partial charge in [-0.1, -0.05) is 27.7 Å². The topological polar surface area (TPSA) is 144 Å². The fourth-order valence-electron chi connectivity index (χ4n) is 1.91. The van der Waals surface area contributed by atoms with E-state index in [-0.39, 0.29) is 12.5 Å². The van der Waals surface area contributed by atoms with Crippen molar-refractivity contribution in [1.29, 1.82) is 0 Å². The van der Waals surface area contributed by atoms with Gasteiger partial charge in [0.2, 0.25) is 0 Å². The van der Waals surface area contributed by atoms with Gasteiger partial charge in [0.15, 0.2) is 26.0 Å². The van der Waals surface area contributed by atoms with E-state index in [1.54, 1.807) is 13.8 Å². The molecule has 23 heavy (non-hydrogen) atoms. The summed E-state index contributed by atoms with van der Waals surface area (Å²) in [5.41, 5.74) is -1.40. The second-order valence-electron chi connectivity index (χ2n) is 6.16. The van der Waals surface area contributed by atoms with E-state index in [4.69, 9.17) is 9.84 Å². The molecule has 2 N–H and O–H groups in total. The number of carboxylic acids is 1. The standard InChI is InChI=1S/C12H23NO8S2/c1-7(2)6-21-11(16)13-8(9(14)15)5-12(3,4)10(22(17)18)23(19)20/h7-8,10,22-23H,5-6H2,1-4H3,(H,13,16)(H,14,15). The Kier molecular flexibility index (Phi) is 8.53. The number of amides is 1. The number of carboxylic acid groups (broad SMARTS) is 1. The van der Waals surface area contributed by atoms with E-state index >= 15 is 0 Å². The van der Waals surface area contributed by atoms with Gasteiger partial charge in [-0.3, -0.25) is 0 Å². The molecule has 0 aromatic heterocycles. The summed E-state index contributed by atoms with van der Waals surface area (Å²) < 4.78 is 47.6. The van der Waals surface area contributed by atoms with Gasteiger partial charge >= 0.3 is 12.1 Å². The van der Waals surface area contributed by atoms with E-state index in [0.29, 0.717) is 0 Å². The van der Waals surface area contributed by atoms with Gasteiger partial charge in [0.25, 0.3) is 0 Å². The van der Waals surface area contributed by atoms with Crippen LogP contribution in [0.1, 0.15) is 34.1 Å². The highest BCUT2D eigenvalue weighted by atomic mass is 32.2. The summed E-state index contributed by atoms with van der Waals surface area (Å²) >= 11 is 0. The van der Waals surface area contributed by atoms with Crippen LogP contribution in [0.5, 0.6) is 0 Å². The number of hydrogen-bond donors (Lipinski definition) is 4. The van der Waals surface area contributed by atoms with Crippen molar-refractivity contribution in [3.8, 4) is 0 Å². The Hall–Kier alpha value is -1.36. The molecule has 11 heteroatoms. The second-order valence-corrected chi connectivity index (χ2v) is 8.75. The van der Waals surface area contributed by atoms with Gasteiger partial charge in [0, 0.05) is 0 Å². The Labute approximate surface area is 138 Å². The monoisotopic (exact) mass is 373 g/mol. The number of hydrogen-bond acceptors (Lipinski definition) is 7. The minimum Gasteiger partial charge on any atom is -0.480 e. The maximum absolute atomic E-state index is 11.6. The number of carbonyl (C=O) groups excluding carboxylic acids is 1. The summed E-state index contributed by atoms with van der Waals surface area (Å²) in [7, 11) is -6.62. The lowest BCUT2D eigenvalue weighted by molar-refractivity contribution is -0.140. The third-order valence-corrected chi connectivity index (χ3v) is 6.29. The average molecular weight is 373 g/mol. The molecule has 0 spiro atoms. The normalized spacial score (nSPS) is 13.6. The SMILES string of the molecule is CC(C)COC(=O)NC(CC(C)(C)C([SH](=O)=O)[SH](=O)=O)C(=O)O. The van der Waals surface area contributed by atoms with Crippen molar-refractivity contribution < 1.29 is 36.3 Å². The fraction of sp³-hybridized carbons (Fsp3) is 0.833. The zero-order chi connectivity index (χ0) is 18.4. The molecule has 136 valence electrons. The minimum atomic E-state index is -3.31. The maximum atomic E-state index is 11.6. The summed E-state index contributed by atoms with van der Waals surface area (Å²) in [6.07, 6.45) is -1.35. The highest BCUT2D eigenvalue weighted by molar-refractivity contribution is 7.91. The third kappa shape index (κ3) is 7.64. The van der Waals surface area contributed by atoms with Gasteiger partial charge in [-0.15, -0.1) is 0 Å². The van der Waals surface area contributed by atoms with Gasteiger partial charge in [-0.2, -0.15) is 0 Å². The molecule has 1 amide bonds. The molecule has 0 aliphatic heterocycles. The Morgan fingerprint density at radius 3 is 1.96 bits per heavy atom. The predicted octanol–water partition coefficient (Wildman–Crippen LogP) is -0.213. The molecule has 0 aliphatic rings. The van der Waals surface area contributed by atoms with Crippen LogP contribution in [-0.2, 0) is 30.9 Å². The molecule has 0 saturated heterocycles. The lowest BCUT2D eigenvalue weighted by atomic mass is 9.87. The Balaban J connectivity index is 5.12. The summed E-state index contributed by atoms with van der Waals surface area (Å²) in [5.74, 6) is -1.36. The number of ether oxygens (including phenoxy) is 1. The predicted molar refractivity (Wildman–Crippen MR) is 83.6 cm³/mol. The maximum Gasteiger partial charge on any atom is 0.407 e. The molecule has 9 nitrogen and oxygen atoms in total. The van der Waals surface area contributed by atoms with Gasteiger partial charge in [0.05, 0.1) is 6.61 Å². The van der Waals surface area contributed by atoms with Crippen LogP contribution in [0.2, 0.25) is 0 Å².